The van der Waals surface area contributed by atoms with Gasteiger partial charge in [-0.05, 0) is 6.07 Å². The number of fused-ring (bicyclic) bond motifs is 1. The SMILES string of the molecule is Cn1cnnc1C1CN(Cc2cccc3c2OCO3)CCO1. The summed E-state index contributed by atoms with van der Waals surface area (Å²) in [6.45, 7) is 3.47. The van der Waals surface area contributed by atoms with E-state index in [1.165, 1.54) is 0 Å². The van der Waals surface area contributed by atoms with Crippen LogP contribution >= 0.6 is 0 Å². The Morgan fingerprint density at radius 1 is 1.32 bits per heavy atom. The summed E-state index contributed by atoms with van der Waals surface area (Å²) in [6, 6.07) is 6.03. The van der Waals surface area contributed by atoms with Gasteiger partial charge in [0.15, 0.2) is 17.3 Å². The van der Waals surface area contributed by atoms with E-state index in [0.717, 1.165) is 42.5 Å². The molecule has 1 aromatic heterocycles. The molecule has 2 aromatic rings. The largest absolute Gasteiger partial charge is 0.454 e. The van der Waals surface area contributed by atoms with Crippen molar-refractivity contribution in [3.63, 3.8) is 0 Å². The van der Waals surface area contributed by atoms with Gasteiger partial charge in [0.05, 0.1) is 6.61 Å². The molecule has 1 atom stereocenters. The fourth-order valence-corrected chi connectivity index (χ4v) is 2.94. The molecule has 0 radical (unpaired) electrons. The van der Waals surface area contributed by atoms with Gasteiger partial charge in [-0.1, -0.05) is 12.1 Å². The maximum atomic E-state index is 5.84. The van der Waals surface area contributed by atoms with Crippen molar-refractivity contribution < 1.29 is 14.2 Å². The molecule has 116 valence electrons. The quantitative estimate of drug-likeness (QED) is 0.846. The minimum atomic E-state index is -0.0461. The van der Waals surface area contributed by atoms with Gasteiger partial charge >= 0.3 is 0 Å². The van der Waals surface area contributed by atoms with Gasteiger partial charge in [0.25, 0.3) is 0 Å². The number of morpholine rings is 1. The summed E-state index contributed by atoms with van der Waals surface area (Å²) in [7, 11) is 1.94. The first-order chi connectivity index (χ1) is 10.8. The van der Waals surface area contributed by atoms with Crippen LogP contribution < -0.4 is 9.47 Å². The Labute approximate surface area is 128 Å². The summed E-state index contributed by atoms with van der Waals surface area (Å²) in [5.74, 6) is 2.56. The first-order valence-electron chi connectivity index (χ1n) is 7.36. The fourth-order valence-electron chi connectivity index (χ4n) is 2.94. The van der Waals surface area contributed by atoms with Crippen LogP contribution in [0.15, 0.2) is 24.5 Å². The number of benzene rings is 1. The van der Waals surface area contributed by atoms with Crippen LogP contribution in [0.3, 0.4) is 0 Å². The van der Waals surface area contributed by atoms with Crippen molar-refractivity contribution in [3.05, 3.63) is 35.9 Å². The van der Waals surface area contributed by atoms with E-state index in [1.807, 2.05) is 23.7 Å². The van der Waals surface area contributed by atoms with Crippen molar-refractivity contribution in [1.82, 2.24) is 19.7 Å². The molecule has 1 fully saturated rings. The second kappa shape index (κ2) is 5.58. The van der Waals surface area contributed by atoms with Crippen LogP contribution in [0, 0.1) is 0 Å². The predicted octanol–water partition coefficient (Wildman–Crippen LogP) is 1.12. The Bertz CT molecular complexity index is 673. The van der Waals surface area contributed by atoms with E-state index in [4.69, 9.17) is 14.2 Å². The maximum Gasteiger partial charge on any atom is 0.231 e. The minimum Gasteiger partial charge on any atom is -0.454 e. The molecule has 2 aliphatic heterocycles. The van der Waals surface area contributed by atoms with Crippen LogP contribution in [0.1, 0.15) is 17.5 Å². The molecular formula is C15H18N4O3. The van der Waals surface area contributed by atoms with Crippen molar-refractivity contribution in [2.45, 2.75) is 12.6 Å². The highest BCUT2D eigenvalue weighted by Gasteiger charge is 2.27. The molecule has 3 heterocycles. The average Bonchev–Trinajstić information content (AvgIpc) is 3.17. The van der Waals surface area contributed by atoms with Gasteiger partial charge in [-0.2, -0.15) is 0 Å². The lowest BCUT2D eigenvalue weighted by Gasteiger charge is -2.32. The van der Waals surface area contributed by atoms with E-state index >= 15 is 0 Å². The lowest BCUT2D eigenvalue weighted by atomic mass is 10.1. The Hall–Kier alpha value is -2.12. The topological polar surface area (TPSA) is 61.6 Å². The van der Waals surface area contributed by atoms with Crippen molar-refractivity contribution in [2.75, 3.05) is 26.5 Å². The standard InChI is InChI=1S/C15H18N4O3/c1-18-9-16-17-15(18)13-8-19(5-6-20-13)7-11-3-2-4-12-14(11)22-10-21-12/h2-4,9,13H,5-8,10H2,1H3. The molecule has 0 amide bonds. The molecule has 1 unspecified atom stereocenters. The Morgan fingerprint density at radius 3 is 3.14 bits per heavy atom. The smallest absolute Gasteiger partial charge is 0.231 e. The van der Waals surface area contributed by atoms with Crippen molar-refractivity contribution in [3.8, 4) is 11.5 Å². The van der Waals surface area contributed by atoms with Crippen LogP contribution in [0.5, 0.6) is 11.5 Å². The Kier molecular flexibility index (Phi) is 3.44. The summed E-state index contributed by atoms with van der Waals surface area (Å²) >= 11 is 0. The second-order valence-electron chi connectivity index (χ2n) is 5.55. The van der Waals surface area contributed by atoms with E-state index in [-0.39, 0.29) is 6.10 Å². The van der Waals surface area contributed by atoms with Gasteiger partial charge in [-0.3, -0.25) is 4.90 Å². The second-order valence-corrected chi connectivity index (χ2v) is 5.55. The summed E-state index contributed by atoms with van der Waals surface area (Å²) in [5, 5.41) is 8.09. The third-order valence-electron chi connectivity index (χ3n) is 4.06. The summed E-state index contributed by atoms with van der Waals surface area (Å²) in [5.41, 5.74) is 1.15. The molecule has 4 rings (SSSR count). The van der Waals surface area contributed by atoms with Gasteiger partial charge < -0.3 is 18.8 Å². The van der Waals surface area contributed by atoms with E-state index in [0.29, 0.717) is 13.4 Å². The normalized spacial score (nSPS) is 21.2. The average molecular weight is 302 g/mol. The number of aryl methyl sites for hydroxylation is 1. The molecule has 7 heteroatoms. The molecule has 0 bridgehead atoms. The number of nitrogens with zero attached hydrogens (tertiary/aromatic N) is 4. The molecule has 2 aliphatic rings. The first kappa shape index (κ1) is 13.5. The van der Waals surface area contributed by atoms with Crippen LogP contribution in [0.2, 0.25) is 0 Å². The number of aromatic nitrogens is 3. The maximum absolute atomic E-state index is 5.84. The summed E-state index contributed by atoms with van der Waals surface area (Å²) < 4.78 is 18.8. The van der Waals surface area contributed by atoms with Gasteiger partial charge in [0.2, 0.25) is 6.79 Å². The van der Waals surface area contributed by atoms with Crippen LogP contribution in [-0.4, -0.2) is 46.2 Å². The molecule has 22 heavy (non-hydrogen) atoms. The number of hydrogen-bond donors (Lipinski definition) is 0. The Balaban J connectivity index is 1.50. The first-order valence-corrected chi connectivity index (χ1v) is 7.36. The molecule has 0 spiro atoms. The summed E-state index contributed by atoms with van der Waals surface area (Å²) in [6.07, 6.45) is 1.66. The number of para-hydroxylation sites is 1. The lowest BCUT2D eigenvalue weighted by molar-refractivity contribution is -0.0387. The van der Waals surface area contributed by atoms with Gasteiger partial charge in [-0.15, -0.1) is 10.2 Å². The van der Waals surface area contributed by atoms with Crippen LogP contribution in [-0.2, 0) is 18.3 Å². The highest BCUT2D eigenvalue weighted by molar-refractivity contribution is 5.48. The number of rotatable bonds is 3. The number of hydrogen-bond acceptors (Lipinski definition) is 6. The van der Waals surface area contributed by atoms with Gasteiger partial charge in [0.1, 0.15) is 12.4 Å². The highest BCUT2D eigenvalue weighted by Crippen LogP contribution is 2.36. The summed E-state index contributed by atoms with van der Waals surface area (Å²) in [4.78, 5) is 2.35. The van der Waals surface area contributed by atoms with Crippen LogP contribution in [0.25, 0.3) is 0 Å². The molecular weight excluding hydrogens is 284 g/mol. The molecule has 0 N–H and O–H groups in total. The van der Waals surface area contributed by atoms with Crippen molar-refractivity contribution in [2.24, 2.45) is 7.05 Å². The van der Waals surface area contributed by atoms with E-state index in [1.54, 1.807) is 6.33 Å². The van der Waals surface area contributed by atoms with Crippen molar-refractivity contribution >= 4 is 0 Å². The highest BCUT2D eigenvalue weighted by atomic mass is 16.7. The zero-order chi connectivity index (χ0) is 14.9. The van der Waals surface area contributed by atoms with Crippen LogP contribution in [0.4, 0.5) is 0 Å². The monoisotopic (exact) mass is 302 g/mol. The van der Waals surface area contributed by atoms with E-state index < -0.39 is 0 Å². The van der Waals surface area contributed by atoms with E-state index in [9.17, 15) is 0 Å². The third kappa shape index (κ3) is 2.42. The number of ether oxygens (including phenoxy) is 3. The fraction of sp³-hybridized carbons (Fsp3) is 0.467. The molecule has 7 nitrogen and oxygen atoms in total. The predicted molar refractivity (Wildman–Crippen MR) is 77.5 cm³/mol. The zero-order valence-electron chi connectivity index (χ0n) is 12.4. The third-order valence-corrected chi connectivity index (χ3v) is 4.06. The molecule has 0 aliphatic carbocycles. The van der Waals surface area contributed by atoms with Gasteiger partial charge in [-0.25, -0.2) is 0 Å². The van der Waals surface area contributed by atoms with Crippen molar-refractivity contribution in [1.29, 1.82) is 0 Å². The zero-order valence-corrected chi connectivity index (χ0v) is 12.4. The van der Waals surface area contributed by atoms with E-state index in [2.05, 4.69) is 21.2 Å². The minimum absolute atomic E-state index is 0.0461. The molecule has 1 aromatic carbocycles. The Morgan fingerprint density at radius 2 is 2.27 bits per heavy atom. The lowest BCUT2D eigenvalue weighted by Crippen LogP contribution is -2.38. The van der Waals surface area contributed by atoms with Gasteiger partial charge in [0, 0.05) is 32.2 Å². The molecule has 0 saturated carbocycles. The molecule has 1 saturated heterocycles.